The van der Waals surface area contributed by atoms with Crippen LogP contribution in [0.25, 0.3) is 11.2 Å². The summed E-state index contributed by atoms with van der Waals surface area (Å²) < 4.78 is 1.71. The van der Waals surface area contributed by atoms with Crippen LogP contribution in [0, 0.1) is 5.92 Å². The molecule has 82 valence electrons. The van der Waals surface area contributed by atoms with E-state index < -0.39 is 0 Å². The first-order valence-electron chi connectivity index (χ1n) is 5.22. The van der Waals surface area contributed by atoms with Crippen molar-refractivity contribution in [3.05, 3.63) is 18.9 Å². The van der Waals surface area contributed by atoms with Crippen LogP contribution in [0.4, 0.5) is 0 Å². The van der Waals surface area contributed by atoms with Gasteiger partial charge in [0.1, 0.15) is 18.2 Å². The first-order chi connectivity index (χ1) is 7.77. The second-order valence-corrected chi connectivity index (χ2v) is 3.97. The third kappa shape index (κ3) is 1.19. The lowest BCUT2D eigenvalue weighted by atomic mass is 10.1. The molecule has 0 N–H and O–H groups in total. The largest absolute Gasteiger partial charge is 0.273 e. The van der Waals surface area contributed by atoms with Crippen molar-refractivity contribution >= 4 is 17.1 Å². The van der Waals surface area contributed by atoms with Crippen molar-refractivity contribution in [3.63, 3.8) is 0 Å². The van der Waals surface area contributed by atoms with E-state index in [0.29, 0.717) is 11.2 Å². The van der Waals surface area contributed by atoms with Crippen LogP contribution in [0.1, 0.15) is 13.3 Å². The number of fused-ring (bicyclic) bond motifs is 1. The van der Waals surface area contributed by atoms with Crippen LogP contribution >= 0.6 is 0 Å². The summed E-state index contributed by atoms with van der Waals surface area (Å²) >= 11 is 0. The highest BCUT2D eigenvalue weighted by Gasteiger charge is 2.30. The van der Waals surface area contributed by atoms with Gasteiger partial charge in [-0.3, -0.25) is 4.79 Å². The van der Waals surface area contributed by atoms with E-state index in [1.165, 1.54) is 6.33 Å². The van der Waals surface area contributed by atoms with Gasteiger partial charge in [-0.05, 0) is 6.42 Å². The molecule has 6 heteroatoms. The minimum Gasteiger partial charge on any atom is -0.273 e. The van der Waals surface area contributed by atoms with Gasteiger partial charge in [-0.1, -0.05) is 6.92 Å². The Morgan fingerprint density at radius 1 is 1.44 bits per heavy atom. The molecular weight excluding hydrogens is 206 g/mol. The second kappa shape index (κ2) is 3.26. The molecule has 1 unspecified atom stereocenters. The summed E-state index contributed by atoms with van der Waals surface area (Å²) in [5.41, 5.74) is 1.38. The lowest BCUT2D eigenvalue weighted by Gasteiger charge is -2.16. The van der Waals surface area contributed by atoms with Crippen LogP contribution in [0.5, 0.6) is 0 Å². The maximum atomic E-state index is 11.9. The number of amides is 1. The number of hydrogen-bond acceptors (Lipinski definition) is 4. The Kier molecular flexibility index (Phi) is 1.89. The quantitative estimate of drug-likeness (QED) is 0.690. The molecule has 0 saturated carbocycles. The summed E-state index contributed by atoms with van der Waals surface area (Å²) in [5, 5.41) is 1.69. The minimum absolute atomic E-state index is 0.0827. The molecule has 0 bridgehead atoms. The SMILES string of the molecule is CC1CCN(n2cnc3cncnc32)C1=O. The Hall–Kier alpha value is -1.98. The molecule has 0 aromatic carbocycles. The van der Waals surface area contributed by atoms with Crippen LogP contribution in [0.2, 0.25) is 0 Å². The minimum atomic E-state index is 0.0827. The van der Waals surface area contributed by atoms with E-state index in [0.717, 1.165) is 13.0 Å². The molecule has 16 heavy (non-hydrogen) atoms. The Balaban J connectivity index is 2.10. The first-order valence-corrected chi connectivity index (χ1v) is 5.22. The molecule has 3 rings (SSSR count). The molecule has 1 aliphatic heterocycles. The maximum absolute atomic E-state index is 11.9. The summed E-state index contributed by atoms with van der Waals surface area (Å²) in [5.74, 6) is 0.206. The molecule has 0 spiro atoms. The standard InChI is InChI=1S/C10H11N5O/c1-7-2-3-14(10(7)16)15-6-13-8-4-11-5-12-9(8)15/h4-7H,2-3H2,1H3. The number of hydrogen-bond donors (Lipinski definition) is 0. The number of carbonyl (C=O) groups excluding carboxylic acids is 1. The number of carbonyl (C=O) groups is 1. The predicted molar refractivity (Wildman–Crippen MR) is 57.2 cm³/mol. The molecule has 1 saturated heterocycles. The fraction of sp³-hybridized carbons (Fsp3) is 0.400. The Morgan fingerprint density at radius 3 is 3.06 bits per heavy atom. The van der Waals surface area contributed by atoms with Gasteiger partial charge in [-0.15, -0.1) is 0 Å². The van der Waals surface area contributed by atoms with E-state index in [1.807, 2.05) is 6.92 Å². The van der Waals surface area contributed by atoms with Crippen molar-refractivity contribution in [2.45, 2.75) is 13.3 Å². The van der Waals surface area contributed by atoms with Gasteiger partial charge in [0.15, 0.2) is 5.65 Å². The van der Waals surface area contributed by atoms with Crippen molar-refractivity contribution < 1.29 is 4.79 Å². The van der Waals surface area contributed by atoms with Gasteiger partial charge in [0.25, 0.3) is 0 Å². The molecule has 1 amide bonds. The van der Waals surface area contributed by atoms with Crippen LogP contribution in [0.3, 0.4) is 0 Å². The summed E-state index contributed by atoms with van der Waals surface area (Å²) in [6.07, 6.45) is 5.60. The van der Waals surface area contributed by atoms with E-state index in [2.05, 4.69) is 15.0 Å². The van der Waals surface area contributed by atoms with Gasteiger partial charge in [0.05, 0.1) is 6.20 Å². The van der Waals surface area contributed by atoms with Crippen LogP contribution < -0.4 is 5.01 Å². The summed E-state index contributed by atoms with van der Waals surface area (Å²) in [6.45, 7) is 2.66. The first kappa shape index (κ1) is 9.26. The lowest BCUT2D eigenvalue weighted by Crippen LogP contribution is -2.36. The van der Waals surface area contributed by atoms with E-state index in [4.69, 9.17) is 0 Å². The van der Waals surface area contributed by atoms with Crippen molar-refractivity contribution in [1.82, 2.24) is 19.6 Å². The van der Waals surface area contributed by atoms with Crippen molar-refractivity contribution in [1.29, 1.82) is 0 Å². The van der Waals surface area contributed by atoms with Crippen LogP contribution in [-0.4, -0.2) is 32.1 Å². The highest BCUT2D eigenvalue weighted by atomic mass is 16.2. The molecule has 0 aliphatic carbocycles. The van der Waals surface area contributed by atoms with Crippen molar-refractivity contribution in [2.24, 2.45) is 5.92 Å². The van der Waals surface area contributed by atoms with Crippen molar-refractivity contribution in [2.75, 3.05) is 11.6 Å². The van der Waals surface area contributed by atoms with Crippen LogP contribution in [0.15, 0.2) is 18.9 Å². The molecule has 1 atom stereocenters. The van der Waals surface area contributed by atoms with Gasteiger partial charge in [-0.2, -0.15) is 0 Å². The zero-order valence-corrected chi connectivity index (χ0v) is 8.87. The van der Waals surface area contributed by atoms with E-state index in [9.17, 15) is 4.79 Å². The number of nitrogens with zero attached hydrogens (tertiary/aromatic N) is 5. The summed E-state index contributed by atoms with van der Waals surface area (Å²) in [4.78, 5) is 24.1. The number of imidazole rings is 1. The molecule has 2 aromatic rings. The highest BCUT2D eigenvalue weighted by Crippen LogP contribution is 2.18. The third-order valence-corrected chi connectivity index (χ3v) is 2.91. The molecule has 6 nitrogen and oxygen atoms in total. The molecule has 1 fully saturated rings. The van der Waals surface area contributed by atoms with Gasteiger partial charge in [0.2, 0.25) is 5.91 Å². The summed E-state index contributed by atoms with van der Waals surface area (Å²) in [7, 11) is 0. The average Bonchev–Trinajstić information content (AvgIpc) is 2.85. The smallest absolute Gasteiger partial charge is 0.244 e. The zero-order chi connectivity index (χ0) is 11.1. The third-order valence-electron chi connectivity index (χ3n) is 2.91. The number of aromatic nitrogens is 4. The Bertz CT molecular complexity index is 549. The van der Waals surface area contributed by atoms with Crippen LogP contribution in [-0.2, 0) is 4.79 Å². The molecule has 3 heterocycles. The molecule has 2 aromatic heterocycles. The Labute approximate surface area is 91.9 Å². The predicted octanol–water partition coefficient (Wildman–Crippen LogP) is 0.331. The van der Waals surface area contributed by atoms with Gasteiger partial charge in [0, 0.05) is 12.5 Å². The molecule has 1 aliphatic rings. The van der Waals surface area contributed by atoms with Crippen molar-refractivity contribution in [3.8, 4) is 0 Å². The average molecular weight is 217 g/mol. The second-order valence-electron chi connectivity index (χ2n) is 3.97. The van der Waals surface area contributed by atoms with Gasteiger partial charge < -0.3 is 0 Å². The molecule has 0 radical (unpaired) electrons. The zero-order valence-electron chi connectivity index (χ0n) is 8.87. The highest BCUT2D eigenvalue weighted by molar-refractivity contribution is 5.91. The van der Waals surface area contributed by atoms with E-state index in [1.54, 1.807) is 22.2 Å². The normalized spacial score (nSPS) is 20.9. The summed E-state index contributed by atoms with van der Waals surface area (Å²) in [6, 6.07) is 0. The number of rotatable bonds is 1. The fourth-order valence-electron chi connectivity index (χ4n) is 1.95. The van der Waals surface area contributed by atoms with Gasteiger partial charge in [-0.25, -0.2) is 24.6 Å². The van der Waals surface area contributed by atoms with Gasteiger partial charge >= 0.3 is 0 Å². The topological polar surface area (TPSA) is 63.9 Å². The van der Waals surface area contributed by atoms with E-state index >= 15 is 0 Å². The Morgan fingerprint density at radius 2 is 2.31 bits per heavy atom. The molecular formula is C10H11N5O. The van der Waals surface area contributed by atoms with E-state index in [-0.39, 0.29) is 11.8 Å². The maximum Gasteiger partial charge on any atom is 0.244 e. The monoisotopic (exact) mass is 217 g/mol. The lowest BCUT2D eigenvalue weighted by molar-refractivity contribution is -0.121. The fourth-order valence-corrected chi connectivity index (χ4v) is 1.95.